The van der Waals surface area contributed by atoms with Gasteiger partial charge in [-0.15, -0.1) is 0 Å². The van der Waals surface area contributed by atoms with Crippen LogP contribution in [0.5, 0.6) is 0 Å². The molecule has 0 bridgehead atoms. The first kappa shape index (κ1) is 22.8. The Labute approximate surface area is 187 Å². The van der Waals surface area contributed by atoms with Gasteiger partial charge in [0.25, 0.3) is 0 Å². The number of ether oxygens (including phenoxy) is 3. The fourth-order valence-electron chi connectivity index (χ4n) is 4.42. The number of rotatable bonds is 6. The standard InChI is InChI=1S/C24H29NO7/c1-16-30-15-20(26)21(31-16)19-13-24(23(28)29-2,22(27)18-11-7-4-8-12-18)32-25(19)14-17-9-5-3-6-10-17/h3-12,16,19-22,26-27H,13-15H2,1-2H3/t16-,19+,20-,21+,22+,24+/m1/s1. The quantitative estimate of drug-likeness (QED) is 0.654. The number of carbonyl (C=O) groups excluding carboxylic acids is 1. The molecule has 2 saturated heterocycles. The van der Waals surface area contributed by atoms with Crippen molar-refractivity contribution in [1.29, 1.82) is 0 Å². The Hall–Kier alpha value is -2.33. The van der Waals surface area contributed by atoms with Crippen LogP contribution in [0.4, 0.5) is 0 Å². The van der Waals surface area contributed by atoms with Crippen LogP contribution in [0.15, 0.2) is 60.7 Å². The van der Waals surface area contributed by atoms with E-state index < -0.39 is 42.2 Å². The molecule has 2 aliphatic heterocycles. The van der Waals surface area contributed by atoms with Gasteiger partial charge in [0.2, 0.25) is 5.60 Å². The normalized spacial score (nSPS) is 31.9. The van der Waals surface area contributed by atoms with Gasteiger partial charge in [0.15, 0.2) is 6.29 Å². The number of nitrogens with zero attached hydrogens (tertiary/aromatic N) is 1. The van der Waals surface area contributed by atoms with Crippen molar-refractivity contribution in [2.45, 2.75) is 56.1 Å². The second kappa shape index (κ2) is 9.66. The Kier molecular flexibility index (Phi) is 6.90. The Morgan fingerprint density at radius 1 is 1.19 bits per heavy atom. The predicted octanol–water partition coefficient (Wildman–Crippen LogP) is 1.96. The zero-order chi connectivity index (χ0) is 22.7. The van der Waals surface area contributed by atoms with Crippen LogP contribution in [0.1, 0.15) is 30.6 Å². The number of esters is 1. The number of carbonyl (C=O) groups is 1. The number of hydroxylamine groups is 2. The monoisotopic (exact) mass is 443 g/mol. The Balaban J connectivity index is 1.72. The molecule has 2 heterocycles. The summed E-state index contributed by atoms with van der Waals surface area (Å²) in [6.07, 6.45) is -3.34. The molecular weight excluding hydrogens is 414 g/mol. The first-order chi connectivity index (χ1) is 15.4. The number of benzene rings is 2. The summed E-state index contributed by atoms with van der Waals surface area (Å²) >= 11 is 0. The van der Waals surface area contributed by atoms with Crippen molar-refractivity contribution >= 4 is 5.97 Å². The van der Waals surface area contributed by atoms with Crippen molar-refractivity contribution in [3.05, 3.63) is 71.8 Å². The molecule has 0 radical (unpaired) electrons. The van der Waals surface area contributed by atoms with Gasteiger partial charge >= 0.3 is 5.97 Å². The van der Waals surface area contributed by atoms with E-state index in [1.54, 1.807) is 36.3 Å². The van der Waals surface area contributed by atoms with E-state index in [9.17, 15) is 15.0 Å². The molecule has 2 aromatic rings. The highest BCUT2D eigenvalue weighted by atomic mass is 16.7. The Morgan fingerprint density at radius 2 is 1.84 bits per heavy atom. The Morgan fingerprint density at radius 3 is 2.50 bits per heavy atom. The lowest BCUT2D eigenvalue weighted by molar-refractivity contribution is -0.285. The molecule has 8 heteroatoms. The molecule has 4 rings (SSSR count). The van der Waals surface area contributed by atoms with Gasteiger partial charge in [0, 0.05) is 13.0 Å². The third kappa shape index (κ3) is 4.43. The summed E-state index contributed by atoms with van der Waals surface area (Å²) in [5.41, 5.74) is -0.220. The van der Waals surface area contributed by atoms with Crippen LogP contribution < -0.4 is 0 Å². The largest absolute Gasteiger partial charge is 0.467 e. The van der Waals surface area contributed by atoms with Gasteiger partial charge in [-0.25, -0.2) is 4.79 Å². The van der Waals surface area contributed by atoms with Crippen LogP contribution in [0.25, 0.3) is 0 Å². The minimum atomic E-state index is -1.69. The van der Waals surface area contributed by atoms with E-state index in [-0.39, 0.29) is 13.0 Å². The zero-order valence-corrected chi connectivity index (χ0v) is 18.2. The highest BCUT2D eigenvalue weighted by Gasteiger charge is 2.60. The zero-order valence-electron chi connectivity index (χ0n) is 18.2. The fraction of sp³-hybridized carbons (Fsp3) is 0.458. The molecule has 2 N–H and O–H groups in total. The maximum absolute atomic E-state index is 13.1. The molecule has 0 unspecified atom stereocenters. The van der Waals surface area contributed by atoms with Gasteiger partial charge in [-0.3, -0.25) is 4.84 Å². The van der Waals surface area contributed by atoms with E-state index in [2.05, 4.69) is 0 Å². The van der Waals surface area contributed by atoms with Crippen LogP contribution in [-0.2, 0) is 30.4 Å². The van der Waals surface area contributed by atoms with Crippen LogP contribution in [-0.4, -0.2) is 65.1 Å². The van der Waals surface area contributed by atoms with E-state index in [1.165, 1.54) is 7.11 Å². The topological polar surface area (TPSA) is 97.7 Å². The first-order valence-corrected chi connectivity index (χ1v) is 10.7. The average Bonchev–Trinajstić information content (AvgIpc) is 3.21. The number of aliphatic hydroxyl groups is 2. The molecular formula is C24H29NO7. The minimum Gasteiger partial charge on any atom is -0.467 e. The van der Waals surface area contributed by atoms with Gasteiger partial charge in [-0.1, -0.05) is 60.7 Å². The summed E-state index contributed by atoms with van der Waals surface area (Å²) in [6.45, 7) is 2.18. The first-order valence-electron chi connectivity index (χ1n) is 10.7. The Bertz CT molecular complexity index is 896. The summed E-state index contributed by atoms with van der Waals surface area (Å²) < 4.78 is 16.4. The molecule has 0 aliphatic carbocycles. The second-order valence-electron chi connectivity index (χ2n) is 8.19. The lowest BCUT2D eigenvalue weighted by Gasteiger charge is -2.38. The lowest BCUT2D eigenvalue weighted by atomic mass is 9.84. The molecule has 32 heavy (non-hydrogen) atoms. The van der Waals surface area contributed by atoms with Crippen molar-refractivity contribution in [1.82, 2.24) is 5.06 Å². The molecule has 0 amide bonds. The van der Waals surface area contributed by atoms with Gasteiger partial charge in [-0.2, -0.15) is 5.06 Å². The summed E-state index contributed by atoms with van der Waals surface area (Å²) in [7, 11) is 1.27. The smallest absolute Gasteiger partial charge is 0.343 e. The maximum atomic E-state index is 13.1. The highest BCUT2D eigenvalue weighted by Crippen LogP contribution is 2.44. The third-order valence-corrected chi connectivity index (χ3v) is 6.04. The number of aliphatic hydroxyl groups excluding tert-OH is 2. The van der Waals surface area contributed by atoms with Gasteiger partial charge < -0.3 is 24.4 Å². The maximum Gasteiger partial charge on any atom is 0.343 e. The highest BCUT2D eigenvalue weighted by molar-refractivity contribution is 5.81. The third-order valence-electron chi connectivity index (χ3n) is 6.04. The van der Waals surface area contributed by atoms with Gasteiger partial charge in [0.05, 0.1) is 19.8 Å². The van der Waals surface area contributed by atoms with Gasteiger partial charge in [0.1, 0.15) is 18.3 Å². The van der Waals surface area contributed by atoms with Crippen LogP contribution in [0, 0.1) is 0 Å². The van der Waals surface area contributed by atoms with Crippen LogP contribution in [0.2, 0.25) is 0 Å². The minimum absolute atomic E-state index is 0.0665. The van der Waals surface area contributed by atoms with Crippen molar-refractivity contribution in [3.8, 4) is 0 Å². The molecule has 0 spiro atoms. The molecule has 6 atom stereocenters. The SMILES string of the molecule is COC(=O)[C@@]1([C@@H](O)c2ccccc2)C[C@@H]([C@@H]2O[C@H](C)OC[C@H]2O)N(Cc2ccccc2)O1. The van der Waals surface area contributed by atoms with E-state index in [0.717, 1.165) is 5.56 Å². The van der Waals surface area contributed by atoms with E-state index in [4.69, 9.17) is 19.0 Å². The summed E-state index contributed by atoms with van der Waals surface area (Å²) in [5, 5.41) is 23.6. The van der Waals surface area contributed by atoms with Crippen LogP contribution in [0.3, 0.4) is 0 Å². The van der Waals surface area contributed by atoms with Crippen molar-refractivity contribution in [3.63, 3.8) is 0 Å². The molecule has 2 aromatic carbocycles. The summed E-state index contributed by atoms with van der Waals surface area (Å²) in [4.78, 5) is 19.3. The summed E-state index contributed by atoms with van der Waals surface area (Å²) in [6, 6.07) is 17.9. The van der Waals surface area contributed by atoms with Crippen LogP contribution >= 0.6 is 0 Å². The fourth-order valence-corrected chi connectivity index (χ4v) is 4.42. The van der Waals surface area contributed by atoms with Crippen molar-refractivity contribution in [2.75, 3.05) is 13.7 Å². The number of hydrogen-bond donors (Lipinski definition) is 2. The second-order valence-corrected chi connectivity index (χ2v) is 8.19. The molecule has 8 nitrogen and oxygen atoms in total. The average molecular weight is 443 g/mol. The van der Waals surface area contributed by atoms with E-state index >= 15 is 0 Å². The molecule has 172 valence electrons. The summed E-state index contributed by atoms with van der Waals surface area (Å²) in [5.74, 6) is -0.691. The van der Waals surface area contributed by atoms with Crippen molar-refractivity contribution in [2.24, 2.45) is 0 Å². The van der Waals surface area contributed by atoms with Crippen molar-refractivity contribution < 1.29 is 34.1 Å². The number of hydrogen-bond acceptors (Lipinski definition) is 8. The predicted molar refractivity (Wildman–Crippen MR) is 114 cm³/mol. The molecule has 0 saturated carbocycles. The molecule has 2 fully saturated rings. The molecule has 0 aromatic heterocycles. The molecule has 2 aliphatic rings. The van der Waals surface area contributed by atoms with Gasteiger partial charge in [-0.05, 0) is 18.1 Å². The lowest BCUT2D eigenvalue weighted by Crippen LogP contribution is -2.53. The van der Waals surface area contributed by atoms with E-state index in [1.807, 2.05) is 36.4 Å². The van der Waals surface area contributed by atoms with E-state index in [0.29, 0.717) is 12.1 Å². The number of methoxy groups -OCH3 is 1.